The third kappa shape index (κ3) is 3.46. The molecule has 0 amide bonds. The van der Waals surface area contributed by atoms with E-state index >= 15 is 0 Å². The molecule has 2 aromatic rings. The van der Waals surface area contributed by atoms with Gasteiger partial charge in [-0.05, 0) is 23.6 Å². The van der Waals surface area contributed by atoms with Crippen molar-refractivity contribution in [2.24, 2.45) is 0 Å². The molecule has 0 atom stereocenters. The minimum atomic E-state index is -0.753. The summed E-state index contributed by atoms with van der Waals surface area (Å²) in [6.07, 6.45) is 3.71. The average molecular weight is 369 g/mol. The molecule has 1 heterocycles. The molecule has 1 aromatic carbocycles. The number of aromatic amines is 1. The number of allylic oxidation sites excluding steroid dienone is 1. The number of hydrogen-bond acceptors (Lipinski definition) is 5. The SMILES string of the molecule is CCCCOC(=O)c1[nH]c(=O)c2c(c1O)C(=S)CC(c1ccccc1)=C2. The number of rotatable bonds is 5. The first-order valence-corrected chi connectivity index (χ1v) is 8.89. The fourth-order valence-corrected chi connectivity index (χ4v) is 3.24. The van der Waals surface area contributed by atoms with Crippen molar-refractivity contribution in [1.29, 1.82) is 0 Å². The van der Waals surface area contributed by atoms with Gasteiger partial charge in [0.25, 0.3) is 5.56 Å². The lowest BCUT2D eigenvalue weighted by molar-refractivity contribution is 0.0489. The number of ether oxygens (including phenoxy) is 1. The number of nitrogens with one attached hydrogen (secondary N) is 1. The van der Waals surface area contributed by atoms with Crippen molar-refractivity contribution in [1.82, 2.24) is 4.98 Å². The van der Waals surface area contributed by atoms with E-state index in [9.17, 15) is 14.7 Å². The van der Waals surface area contributed by atoms with Gasteiger partial charge in [-0.1, -0.05) is 55.9 Å². The van der Waals surface area contributed by atoms with Gasteiger partial charge in [0.05, 0.1) is 12.2 Å². The van der Waals surface area contributed by atoms with Gasteiger partial charge in [-0.15, -0.1) is 0 Å². The van der Waals surface area contributed by atoms with E-state index in [1.165, 1.54) is 0 Å². The van der Waals surface area contributed by atoms with Crippen LogP contribution in [0.15, 0.2) is 35.1 Å². The minimum absolute atomic E-state index is 0.233. The van der Waals surface area contributed by atoms with E-state index in [4.69, 9.17) is 17.0 Å². The summed E-state index contributed by atoms with van der Waals surface area (Å²) in [4.78, 5) is 27.5. The molecule has 0 radical (unpaired) electrons. The highest BCUT2D eigenvalue weighted by Crippen LogP contribution is 2.34. The number of H-pyrrole nitrogens is 1. The molecule has 3 rings (SSSR count). The molecule has 0 aliphatic heterocycles. The number of pyridine rings is 1. The maximum atomic E-state index is 12.5. The molecule has 0 bridgehead atoms. The summed E-state index contributed by atoms with van der Waals surface area (Å²) in [5.74, 6) is -1.08. The first-order chi connectivity index (χ1) is 12.5. The van der Waals surface area contributed by atoms with Gasteiger partial charge in [0, 0.05) is 16.8 Å². The molecule has 2 N–H and O–H groups in total. The van der Waals surface area contributed by atoms with E-state index in [2.05, 4.69) is 4.98 Å². The summed E-state index contributed by atoms with van der Waals surface area (Å²) >= 11 is 5.43. The van der Waals surface area contributed by atoms with Crippen molar-refractivity contribution >= 4 is 34.7 Å². The first kappa shape index (κ1) is 18.1. The van der Waals surface area contributed by atoms with Gasteiger partial charge in [-0.3, -0.25) is 4.79 Å². The Bertz CT molecular complexity index is 944. The second-order valence-electron chi connectivity index (χ2n) is 6.09. The topological polar surface area (TPSA) is 79.4 Å². The Morgan fingerprint density at radius 2 is 2.04 bits per heavy atom. The fourth-order valence-electron chi connectivity index (χ4n) is 2.88. The number of unbranched alkanes of at least 4 members (excludes halogenated alkanes) is 1. The van der Waals surface area contributed by atoms with Crippen LogP contribution in [0.1, 0.15) is 53.4 Å². The molecule has 0 saturated carbocycles. The van der Waals surface area contributed by atoms with Crippen LogP contribution in [0.25, 0.3) is 11.6 Å². The van der Waals surface area contributed by atoms with Crippen LogP contribution in [0.4, 0.5) is 0 Å². The minimum Gasteiger partial charge on any atom is -0.505 e. The number of fused-ring (bicyclic) bond motifs is 1. The molecule has 0 fully saturated rings. The van der Waals surface area contributed by atoms with Crippen LogP contribution >= 0.6 is 12.2 Å². The van der Waals surface area contributed by atoms with Gasteiger partial charge in [0.15, 0.2) is 11.4 Å². The van der Waals surface area contributed by atoms with E-state index in [1.54, 1.807) is 6.08 Å². The quantitative estimate of drug-likeness (QED) is 0.477. The van der Waals surface area contributed by atoms with Crippen molar-refractivity contribution < 1.29 is 14.6 Å². The predicted octanol–water partition coefficient (Wildman–Crippen LogP) is 3.70. The smallest absolute Gasteiger partial charge is 0.358 e. The van der Waals surface area contributed by atoms with Gasteiger partial charge in [-0.25, -0.2) is 4.79 Å². The van der Waals surface area contributed by atoms with E-state index in [-0.39, 0.29) is 29.2 Å². The molecule has 1 aliphatic carbocycles. The number of carbonyl (C=O) groups excluding carboxylic acids is 1. The molecule has 0 saturated heterocycles. The summed E-state index contributed by atoms with van der Waals surface area (Å²) in [6.45, 7) is 2.21. The number of aromatic nitrogens is 1. The standard InChI is InChI=1S/C20H19NO4S/c1-2-3-9-25-20(24)17-18(22)16-14(19(23)21-17)10-13(11-15(16)26)12-7-5-4-6-8-12/h4-8,10,22H,2-3,9,11H2,1H3,(H,21,23). The third-order valence-electron chi connectivity index (χ3n) is 4.25. The molecule has 1 aliphatic rings. The van der Waals surface area contributed by atoms with Crippen LogP contribution in [-0.4, -0.2) is 27.5 Å². The molecule has 0 unspecified atom stereocenters. The number of aromatic hydroxyl groups is 1. The number of thiocarbonyl (C=S) groups is 1. The van der Waals surface area contributed by atoms with E-state index < -0.39 is 11.5 Å². The maximum absolute atomic E-state index is 12.5. The van der Waals surface area contributed by atoms with E-state index in [0.29, 0.717) is 17.7 Å². The van der Waals surface area contributed by atoms with Crippen molar-refractivity contribution in [2.45, 2.75) is 26.2 Å². The van der Waals surface area contributed by atoms with Crippen molar-refractivity contribution in [3.05, 3.63) is 63.1 Å². The summed E-state index contributed by atoms with van der Waals surface area (Å²) in [6, 6.07) is 9.60. The summed E-state index contributed by atoms with van der Waals surface area (Å²) < 4.78 is 5.09. The molecule has 0 spiro atoms. The van der Waals surface area contributed by atoms with Crippen LogP contribution < -0.4 is 5.56 Å². The summed E-state index contributed by atoms with van der Waals surface area (Å²) in [7, 11) is 0. The molecular formula is C20H19NO4S. The molecular weight excluding hydrogens is 350 g/mol. The predicted molar refractivity (Wildman–Crippen MR) is 105 cm³/mol. The zero-order valence-corrected chi connectivity index (χ0v) is 15.2. The van der Waals surface area contributed by atoms with Crippen molar-refractivity contribution in [2.75, 3.05) is 6.61 Å². The number of benzene rings is 1. The second-order valence-corrected chi connectivity index (χ2v) is 6.58. The fraction of sp³-hybridized carbons (Fsp3) is 0.250. The van der Waals surface area contributed by atoms with Crippen LogP contribution in [-0.2, 0) is 4.74 Å². The maximum Gasteiger partial charge on any atom is 0.358 e. The van der Waals surface area contributed by atoms with Crippen LogP contribution in [0.5, 0.6) is 5.75 Å². The Labute approximate surface area is 156 Å². The lowest BCUT2D eigenvalue weighted by Gasteiger charge is -2.19. The number of carbonyl (C=O) groups is 1. The van der Waals surface area contributed by atoms with Crippen molar-refractivity contribution in [3.8, 4) is 5.75 Å². The monoisotopic (exact) mass is 369 g/mol. The van der Waals surface area contributed by atoms with Gasteiger partial charge < -0.3 is 14.8 Å². The Morgan fingerprint density at radius 3 is 2.73 bits per heavy atom. The Morgan fingerprint density at radius 1 is 1.31 bits per heavy atom. The highest BCUT2D eigenvalue weighted by molar-refractivity contribution is 7.81. The Hall–Kier alpha value is -2.73. The average Bonchev–Trinajstić information content (AvgIpc) is 2.65. The van der Waals surface area contributed by atoms with Gasteiger partial charge in [0.2, 0.25) is 0 Å². The highest BCUT2D eigenvalue weighted by Gasteiger charge is 2.27. The molecule has 134 valence electrons. The molecule has 26 heavy (non-hydrogen) atoms. The van der Waals surface area contributed by atoms with Crippen LogP contribution in [0.3, 0.4) is 0 Å². The zero-order valence-electron chi connectivity index (χ0n) is 14.4. The lowest BCUT2D eigenvalue weighted by Crippen LogP contribution is -2.23. The van der Waals surface area contributed by atoms with Crippen LogP contribution in [0, 0.1) is 0 Å². The Balaban J connectivity index is 2.04. The first-order valence-electron chi connectivity index (χ1n) is 8.48. The van der Waals surface area contributed by atoms with E-state index in [1.807, 2.05) is 37.3 Å². The number of hydrogen-bond donors (Lipinski definition) is 2. The second kappa shape index (κ2) is 7.66. The Kier molecular flexibility index (Phi) is 5.32. The van der Waals surface area contributed by atoms with Crippen LogP contribution in [0.2, 0.25) is 0 Å². The van der Waals surface area contributed by atoms with Gasteiger partial charge in [-0.2, -0.15) is 0 Å². The van der Waals surface area contributed by atoms with Gasteiger partial charge >= 0.3 is 5.97 Å². The van der Waals surface area contributed by atoms with E-state index in [0.717, 1.165) is 17.6 Å². The summed E-state index contributed by atoms with van der Waals surface area (Å²) in [5.41, 5.74) is 1.64. The highest BCUT2D eigenvalue weighted by atomic mass is 32.1. The normalized spacial score (nSPS) is 13.1. The zero-order chi connectivity index (χ0) is 18.7. The summed E-state index contributed by atoms with van der Waals surface area (Å²) in [5, 5.41) is 10.5. The van der Waals surface area contributed by atoms with Gasteiger partial charge in [0.1, 0.15) is 0 Å². The lowest BCUT2D eigenvalue weighted by atomic mass is 9.88. The molecule has 5 nitrogen and oxygen atoms in total. The number of esters is 1. The largest absolute Gasteiger partial charge is 0.505 e. The van der Waals surface area contributed by atoms with Crippen molar-refractivity contribution in [3.63, 3.8) is 0 Å². The molecule has 6 heteroatoms. The molecule has 1 aromatic heterocycles. The third-order valence-corrected chi connectivity index (χ3v) is 4.60.